The average molecular weight is 438 g/mol. The Hall–Kier alpha value is -2.71. The Labute approximate surface area is 176 Å². The minimum Gasteiger partial charge on any atom is -0.324 e. The summed E-state index contributed by atoms with van der Waals surface area (Å²) in [6, 6.07) is 11.7. The number of hydrogen-bond donors (Lipinski definition) is 2. The molecule has 2 amide bonds. The Morgan fingerprint density at radius 1 is 1.10 bits per heavy atom. The molecule has 0 radical (unpaired) electrons. The Morgan fingerprint density at radius 2 is 1.77 bits per heavy atom. The number of rotatable bonds is 2. The number of amides is 2. The number of anilines is 1. The average Bonchev–Trinajstić information content (AvgIpc) is 3.12. The van der Waals surface area contributed by atoms with Crippen LogP contribution in [0.15, 0.2) is 54.6 Å². The SMILES string of the molecule is O=C(Nc1ccccc1C(F)(F)F)N1CCC2(C=C(c3ccc(Cl)cc3)NO2)CC1. The van der Waals surface area contributed by atoms with Crippen molar-refractivity contribution in [3.63, 3.8) is 0 Å². The van der Waals surface area contributed by atoms with E-state index in [1.807, 2.05) is 18.2 Å². The fraction of sp³-hybridized carbons (Fsp3) is 0.286. The van der Waals surface area contributed by atoms with Crippen LogP contribution in [-0.2, 0) is 11.0 Å². The molecule has 2 aromatic rings. The number of alkyl halides is 3. The molecule has 0 aromatic heterocycles. The summed E-state index contributed by atoms with van der Waals surface area (Å²) < 4.78 is 39.4. The van der Waals surface area contributed by atoms with Gasteiger partial charge in [-0.2, -0.15) is 13.2 Å². The van der Waals surface area contributed by atoms with Crippen molar-refractivity contribution in [1.82, 2.24) is 10.4 Å². The second-order valence-corrected chi connectivity index (χ2v) is 7.73. The summed E-state index contributed by atoms with van der Waals surface area (Å²) in [5.41, 5.74) is 3.01. The van der Waals surface area contributed by atoms with E-state index in [0.717, 1.165) is 17.3 Å². The molecular formula is C21H19ClF3N3O2. The first-order valence-corrected chi connectivity index (χ1v) is 9.79. The second-order valence-electron chi connectivity index (χ2n) is 7.29. The normalized spacial score (nSPS) is 18.1. The standard InChI is InChI=1S/C21H19ClF3N3O2/c22-15-7-5-14(6-8-15)18-13-20(30-27-18)9-11-28(12-10-20)19(29)26-17-4-2-1-3-16(17)21(23,24)25/h1-8,13,27H,9-12H2,(H,26,29). The van der Waals surface area contributed by atoms with Crippen molar-refractivity contribution in [2.45, 2.75) is 24.6 Å². The fourth-order valence-corrected chi connectivity index (χ4v) is 3.74. The highest BCUT2D eigenvalue weighted by Crippen LogP contribution is 2.36. The molecule has 0 bridgehead atoms. The van der Waals surface area contributed by atoms with Gasteiger partial charge < -0.3 is 10.2 Å². The van der Waals surface area contributed by atoms with Crippen LogP contribution >= 0.6 is 11.6 Å². The molecule has 2 N–H and O–H groups in total. The molecule has 4 rings (SSSR count). The third-order valence-corrected chi connectivity index (χ3v) is 5.55. The van der Waals surface area contributed by atoms with E-state index in [9.17, 15) is 18.0 Å². The Balaban J connectivity index is 1.41. The molecule has 5 nitrogen and oxygen atoms in total. The molecule has 0 saturated carbocycles. The fourth-order valence-electron chi connectivity index (χ4n) is 3.62. The van der Waals surface area contributed by atoms with E-state index in [0.29, 0.717) is 31.0 Å². The molecule has 2 aliphatic heterocycles. The van der Waals surface area contributed by atoms with E-state index in [4.69, 9.17) is 16.4 Å². The topological polar surface area (TPSA) is 53.6 Å². The number of para-hydroxylation sites is 1. The molecule has 0 atom stereocenters. The number of carbonyl (C=O) groups excluding carboxylic acids is 1. The minimum atomic E-state index is -4.54. The molecular weight excluding hydrogens is 419 g/mol. The first-order chi connectivity index (χ1) is 14.3. The second kappa shape index (κ2) is 7.85. The third-order valence-electron chi connectivity index (χ3n) is 5.30. The van der Waals surface area contributed by atoms with Crippen molar-refractivity contribution in [2.75, 3.05) is 18.4 Å². The maximum Gasteiger partial charge on any atom is 0.418 e. The minimum absolute atomic E-state index is 0.251. The summed E-state index contributed by atoms with van der Waals surface area (Å²) >= 11 is 5.92. The highest BCUT2D eigenvalue weighted by Gasteiger charge is 2.40. The molecule has 2 aromatic carbocycles. The Morgan fingerprint density at radius 3 is 2.43 bits per heavy atom. The molecule has 1 spiro atoms. The van der Waals surface area contributed by atoms with Crippen molar-refractivity contribution >= 4 is 29.0 Å². The lowest BCUT2D eigenvalue weighted by atomic mass is 9.90. The summed E-state index contributed by atoms with van der Waals surface area (Å²) in [4.78, 5) is 19.8. The lowest BCUT2D eigenvalue weighted by Crippen LogP contribution is -2.48. The molecule has 30 heavy (non-hydrogen) atoms. The van der Waals surface area contributed by atoms with Gasteiger partial charge in [0.15, 0.2) is 0 Å². The maximum absolute atomic E-state index is 13.1. The molecule has 2 heterocycles. The number of nitrogens with one attached hydrogen (secondary N) is 2. The molecule has 158 valence electrons. The molecule has 0 aliphatic carbocycles. The predicted octanol–water partition coefficient (Wildman–Crippen LogP) is 5.30. The number of urea groups is 1. The van der Waals surface area contributed by atoms with Gasteiger partial charge in [0.05, 0.1) is 16.9 Å². The lowest BCUT2D eigenvalue weighted by Gasteiger charge is -2.36. The van der Waals surface area contributed by atoms with Gasteiger partial charge in [0.1, 0.15) is 5.60 Å². The van der Waals surface area contributed by atoms with Crippen molar-refractivity contribution in [3.8, 4) is 0 Å². The quantitative estimate of drug-likeness (QED) is 0.670. The highest BCUT2D eigenvalue weighted by molar-refractivity contribution is 6.30. The predicted molar refractivity (Wildman–Crippen MR) is 108 cm³/mol. The number of hydroxylamine groups is 1. The summed E-state index contributed by atoms with van der Waals surface area (Å²) in [6.07, 6.45) is -1.51. The summed E-state index contributed by atoms with van der Waals surface area (Å²) in [5.74, 6) is 0. The molecule has 1 fully saturated rings. The van der Waals surface area contributed by atoms with Crippen molar-refractivity contribution < 1.29 is 22.8 Å². The number of benzene rings is 2. The van der Waals surface area contributed by atoms with Gasteiger partial charge in [0, 0.05) is 31.0 Å². The van der Waals surface area contributed by atoms with Crippen LogP contribution in [0.3, 0.4) is 0 Å². The Kier molecular flexibility index (Phi) is 5.38. The molecule has 9 heteroatoms. The van der Waals surface area contributed by atoms with Gasteiger partial charge in [0.2, 0.25) is 0 Å². The lowest BCUT2D eigenvalue weighted by molar-refractivity contribution is -0.136. The van der Waals surface area contributed by atoms with Gasteiger partial charge in [-0.3, -0.25) is 10.3 Å². The maximum atomic E-state index is 13.1. The first-order valence-electron chi connectivity index (χ1n) is 9.41. The largest absolute Gasteiger partial charge is 0.418 e. The van der Waals surface area contributed by atoms with Crippen LogP contribution in [0.4, 0.5) is 23.7 Å². The van der Waals surface area contributed by atoms with Crippen LogP contribution in [-0.4, -0.2) is 29.6 Å². The van der Waals surface area contributed by atoms with Crippen LogP contribution < -0.4 is 10.8 Å². The monoisotopic (exact) mass is 437 g/mol. The van der Waals surface area contributed by atoms with Crippen LogP contribution in [0.1, 0.15) is 24.0 Å². The molecule has 1 saturated heterocycles. The smallest absolute Gasteiger partial charge is 0.324 e. The number of halogens is 4. The number of hydrogen-bond acceptors (Lipinski definition) is 3. The number of carbonyl (C=O) groups is 1. The first kappa shape index (κ1) is 20.6. The molecule has 2 aliphatic rings. The van der Waals surface area contributed by atoms with Crippen LogP contribution in [0, 0.1) is 0 Å². The van der Waals surface area contributed by atoms with E-state index in [1.54, 1.807) is 12.1 Å². The van der Waals surface area contributed by atoms with Crippen molar-refractivity contribution in [2.24, 2.45) is 0 Å². The number of likely N-dealkylation sites (tertiary alicyclic amines) is 1. The third kappa shape index (κ3) is 4.24. The van der Waals surface area contributed by atoms with E-state index in [1.165, 1.54) is 23.1 Å². The van der Waals surface area contributed by atoms with Gasteiger partial charge in [-0.1, -0.05) is 35.9 Å². The van der Waals surface area contributed by atoms with Crippen LogP contribution in [0.25, 0.3) is 5.70 Å². The van der Waals surface area contributed by atoms with Crippen molar-refractivity contribution in [1.29, 1.82) is 0 Å². The van der Waals surface area contributed by atoms with E-state index in [-0.39, 0.29) is 5.69 Å². The summed E-state index contributed by atoms with van der Waals surface area (Å²) in [7, 11) is 0. The van der Waals surface area contributed by atoms with E-state index < -0.39 is 23.4 Å². The summed E-state index contributed by atoms with van der Waals surface area (Å²) in [5, 5.41) is 3.03. The molecule has 0 unspecified atom stereocenters. The van der Waals surface area contributed by atoms with Crippen LogP contribution in [0.5, 0.6) is 0 Å². The zero-order valence-electron chi connectivity index (χ0n) is 15.8. The van der Waals surface area contributed by atoms with E-state index in [2.05, 4.69) is 10.8 Å². The zero-order valence-corrected chi connectivity index (χ0v) is 16.6. The Bertz CT molecular complexity index is 968. The van der Waals surface area contributed by atoms with Gasteiger partial charge in [-0.25, -0.2) is 4.79 Å². The van der Waals surface area contributed by atoms with E-state index >= 15 is 0 Å². The van der Waals surface area contributed by atoms with Gasteiger partial charge in [0.25, 0.3) is 0 Å². The van der Waals surface area contributed by atoms with Gasteiger partial charge >= 0.3 is 12.2 Å². The van der Waals surface area contributed by atoms with Gasteiger partial charge in [-0.15, -0.1) is 0 Å². The number of piperidine rings is 1. The highest BCUT2D eigenvalue weighted by atomic mass is 35.5. The zero-order chi connectivity index (χ0) is 21.4. The van der Waals surface area contributed by atoms with Crippen LogP contribution in [0.2, 0.25) is 5.02 Å². The summed E-state index contributed by atoms with van der Waals surface area (Å²) in [6.45, 7) is 0.707. The van der Waals surface area contributed by atoms with Crippen molar-refractivity contribution in [3.05, 3.63) is 70.8 Å². The number of nitrogens with zero attached hydrogens (tertiary/aromatic N) is 1. The van der Waals surface area contributed by atoms with Gasteiger partial charge in [-0.05, 0) is 35.9 Å².